The van der Waals surface area contributed by atoms with Crippen LogP contribution in [0.25, 0.3) is 0 Å². The van der Waals surface area contributed by atoms with E-state index in [0.29, 0.717) is 23.1 Å². The number of hydrogen-bond acceptors (Lipinski definition) is 4. The highest BCUT2D eigenvalue weighted by atomic mass is 35.5. The van der Waals surface area contributed by atoms with E-state index in [4.69, 9.17) is 21.1 Å². The average molecular weight is 353 g/mol. The molecular formula is C18H25ClN2O3. The molecule has 2 aliphatic heterocycles. The van der Waals surface area contributed by atoms with Gasteiger partial charge in [-0.25, -0.2) is 0 Å². The molecule has 0 radical (unpaired) electrons. The molecule has 1 aromatic carbocycles. The largest absolute Gasteiger partial charge is 0.493 e. The molecule has 1 N–H and O–H groups in total. The van der Waals surface area contributed by atoms with Crippen LogP contribution in [0.5, 0.6) is 11.5 Å². The Hall–Kier alpha value is -1.46. The molecule has 3 rings (SSSR count). The summed E-state index contributed by atoms with van der Waals surface area (Å²) in [4.78, 5) is 14.6. The summed E-state index contributed by atoms with van der Waals surface area (Å²) in [5.41, 5.74) is 0.797. The molecule has 0 unspecified atom stereocenters. The second kappa shape index (κ2) is 7.19. The third-order valence-corrected chi connectivity index (χ3v) is 5.41. The van der Waals surface area contributed by atoms with Crippen molar-refractivity contribution in [3.63, 3.8) is 0 Å². The molecule has 1 aromatic rings. The number of piperidine rings is 1. The smallest absolute Gasteiger partial charge is 0.227 e. The monoisotopic (exact) mass is 352 g/mol. The van der Waals surface area contributed by atoms with Crippen molar-refractivity contribution in [1.82, 2.24) is 10.2 Å². The fourth-order valence-corrected chi connectivity index (χ4v) is 3.99. The number of benzene rings is 1. The van der Waals surface area contributed by atoms with E-state index >= 15 is 0 Å². The van der Waals surface area contributed by atoms with Crippen LogP contribution >= 0.6 is 11.6 Å². The molecule has 0 aromatic heterocycles. The van der Waals surface area contributed by atoms with Crippen LogP contribution in [-0.2, 0) is 11.3 Å². The number of hydrogen-bond donors (Lipinski definition) is 1. The molecule has 1 amide bonds. The number of carbonyl (C=O) groups is 1. The first-order valence-corrected chi connectivity index (χ1v) is 8.95. The van der Waals surface area contributed by atoms with Crippen LogP contribution in [0.3, 0.4) is 0 Å². The molecule has 2 fully saturated rings. The predicted octanol–water partition coefficient (Wildman–Crippen LogP) is 2.85. The summed E-state index contributed by atoms with van der Waals surface area (Å²) in [7, 11) is 1.63. The second-order valence-corrected chi connectivity index (χ2v) is 7.04. The van der Waals surface area contributed by atoms with Crippen LogP contribution in [-0.4, -0.2) is 44.2 Å². The predicted molar refractivity (Wildman–Crippen MR) is 93.7 cm³/mol. The topological polar surface area (TPSA) is 50.8 Å². The summed E-state index contributed by atoms with van der Waals surface area (Å²) >= 11 is 6.44. The third-order valence-electron chi connectivity index (χ3n) is 5.06. The van der Waals surface area contributed by atoms with Gasteiger partial charge in [0, 0.05) is 30.7 Å². The van der Waals surface area contributed by atoms with E-state index < -0.39 is 0 Å². The number of halogens is 1. The zero-order chi connectivity index (χ0) is 17.2. The van der Waals surface area contributed by atoms with E-state index in [9.17, 15) is 4.79 Å². The molecule has 2 heterocycles. The molecule has 0 bridgehead atoms. The van der Waals surface area contributed by atoms with Gasteiger partial charge in [-0.1, -0.05) is 11.6 Å². The van der Waals surface area contributed by atoms with Crippen molar-refractivity contribution >= 4 is 17.5 Å². The summed E-state index contributed by atoms with van der Waals surface area (Å²) in [5.74, 6) is 1.57. The SMILES string of the molecule is CCOc1cc(Cl)c(CN2CC[C@@]3(CCCNC3=O)C2)cc1OC. The van der Waals surface area contributed by atoms with Crippen molar-refractivity contribution in [3.05, 3.63) is 22.7 Å². The lowest BCUT2D eigenvalue weighted by molar-refractivity contribution is -0.132. The fraction of sp³-hybridized carbons (Fsp3) is 0.611. The van der Waals surface area contributed by atoms with E-state index in [1.165, 1.54) is 0 Å². The zero-order valence-electron chi connectivity index (χ0n) is 14.4. The third kappa shape index (κ3) is 3.33. The lowest BCUT2D eigenvalue weighted by Crippen LogP contribution is -2.47. The Balaban J connectivity index is 1.73. The van der Waals surface area contributed by atoms with Crippen molar-refractivity contribution in [3.8, 4) is 11.5 Å². The Morgan fingerprint density at radius 3 is 2.88 bits per heavy atom. The van der Waals surface area contributed by atoms with Crippen molar-refractivity contribution in [2.45, 2.75) is 32.7 Å². The maximum absolute atomic E-state index is 12.3. The van der Waals surface area contributed by atoms with Crippen molar-refractivity contribution in [1.29, 1.82) is 0 Å². The molecule has 5 nitrogen and oxygen atoms in total. The summed E-state index contributed by atoms with van der Waals surface area (Å²) in [5, 5.41) is 3.70. The van der Waals surface area contributed by atoms with Gasteiger partial charge in [-0.15, -0.1) is 0 Å². The lowest BCUT2D eigenvalue weighted by Gasteiger charge is -2.32. The van der Waals surface area contributed by atoms with Gasteiger partial charge in [0.25, 0.3) is 0 Å². The first kappa shape index (κ1) is 17.4. The highest BCUT2D eigenvalue weighted by molar-refractivity contribution is 6.31. The second-order valence-electron chi connectivity index (χ2n) is 6.63. The number of nitrogens with one attached hydrogen (secondary N) is 1. The maximum Gasteiger partial charge on any atom is 0.227 e. The first-order chi connectivity index (χ1) is 11.6. The van der Waals surface area contributed by atoms with Crippen molar-refractivity contribution < 1.29 is 14.3 Å². The Morgan fingerprint density at radius 1 is 1.33 bits per heavy atom. The minimum absolute atomic E-state index is 0.208. The minimum Gasteiger partial charge on any atom is -0.493 e. The molecule has 132 valence electrons. The Morgan fingerprint density at radius 2 is 2.17 bits per heavy atom. The Labute approximate surface area is 148 Å². The summed E-state index contributed by atoms with van der Waals surface area (Å²) in [6.45, 7) is 5.74. The van der Waals surface area contributed by atoms with Gasteiger partial charge in [0.15, 0.2) is 11.5 Å². The molecule has 24 heavy (non-hydrogen) atoms. The Kier molecular flexibility index (Phi) is 5.21. The molecule has 1 spiro atoms. The van der Waals surface area contributed by atoms with E-state index in [-0.39, 0.29) is 11.3 Å². The van der Waals surface area contributed by atoms with E-state index in [0.717, 1.165) is 51.0 Å². The van der Waals surface area contributed by atoms with E-state index in [1.54, 1.807) is 7.11 Å². The zero-order valence-corrected chi connectivity index (χ0v) is 15.1. The van der Waals surface area contributed by atoms with Gasteiger partial charge in [0.1, 0.15) is 0 Å². The lowest BCUT2D eigenvalue weighted by atomic mass is 9.79. The maximum atomic E-state index is 12.3. The molecule has 1 atom stereocenters. The number of methoxy groups -OCH3 is 1. The van der Waals surface area contributed by atoms with Crippen LogP contribution in [0.2, 0.25) is 5.02 Å². The van der Waals surface area contributed by atoms with Crippen LogP contribution in [0.4, 0.5) is 0 Å². The van der Waals surface area contributed by atoms with Gasteiger partial charge >= 0.3 is 0 Å². The number of carbonyl (C=O) groups excluding carboxylic acids is 1. The summed E-state index contributed by atoms with van der Waals surface area (Å²) < 4.78 is 11.0. The fourth-order valence-electron chi connectivity index (χ4n) is 3.78. The molecule has 6 heteroatoms. The van der Waals surface area contributed by atoms with Gasteiger partial charge in [0.05, 0.1) is 19.1 Å². The van der Waals surface area contributed by atoms with Crippen molar-refractivity contribution in [2.75, 3.05) is 33.4 Å². The van der Waals surface area contributed by atoms with Crippen LogP contribution in [0.15, 0.2) is 12.1 Å². The van der Waals surface area contributed by atoms with E-state index in [2.05, 4.69) is 10.2 Å². The first-order valence-electron chi connectivity index (χ1n) is 8.58. The van der Waals surface area contributed by atoms with Crippen molar-refractivity contribution in [2.24, 2.45) is 5.41 Å². The highest BCUT2D eigenvalue weighted by Crippen LogP contribution is 2.39. The van der Waals surface area contributed by atoms with Gasteiger partial charge in [-0.2, -0.15) is 0 Å². The molecule has 2 saturated heterocycles. The summed E-state index contributed by atoms with van der Waals surface area (Å²) in [6, 6.07) is 3.76. The van der Waals surface area contributed by atoms with Crippen LogP contribution < -0.4 is 14.8 Å². The minimum atomic E-state index is -0.208. The molecule has 0 aliphatic carbocycles. The normalized spacial score (nSPS) is 24.2. The average Bonchev–Trinajstić information content (AvgIpc) is 2.97. The van der Waals surface area contributed by atoms with Gasteiger partial charge < -0.3 is 14.8 Å². The number of nitrogens with zero attached hydrogens (tertiary/aromatic N) is 1. The van der Waals surface area contributed by atoms with Crippen LogP contribution in [0.1, 0.15) is 31.7 Å². The quantitative estimate of drug-likeness (QED) is 0.885. The molecule has 2 aliphatic rings. The Bertz CT molecular complexity index is 623. The van der Waals surface area contributed by atoms with Gasteiger partial charge in [0.2, 0.25) is 5.91 Å². The number of likely N-dealkylation sites (tertiary alicyclic amines) is 1. The van der Waals surface area contributed by atoms with E-state index in [1.807, 2.05) is 19.1 Å². The number of ether oxygens (including phenoxy) is 2. The van der Waals surface area contributed by atoms with Gasteiger partial charge in [-0.3, -0.25) is 9.69 Å². The van der Waals surface area contributed by atoms with Gasteiger partial charge in [-0.05, 0) is 44.4 Å². The number of rotatable bonds is 5. The molecular weight excluding hydrogens is 328 g/mol. The molecule has 0 saturated carbocycles. The van der Waals surface area contributed by atoms with Crippen LogP contribution in [0, 0.1) is 5.41 Å². The standard InChI is InChI=1S/C18H25ClN2O3/c1-3-24-16-10-14(19)13(9-15(16)23-2)11-21-8-6-18(12-21)5-4-7-20-17(18)22/h9-10H,3-8,11-12H2,1-2H3,(H,20,22)/t18-/m0/s1. The highest BCUT2D eigenvalue weighted by Gasteiger charge is 2.45. The summed E-state index contributed by atoms with van der Waals surface area (Å²) in [6.07, 6.45) is 2.97. The number of amides is 1.